The van der Waals surface area contributed by atoms with Gasteiger partial charge in [0.15, 0.2) is 0 Å². The lowest BCUT2D eigenvalue weighted by Gasteiger charge is -2.30. The molecule has 1 saturated heterocycles. The van der Waals surface area contributed by atoms with Gasteiger partial charge in [0.25, 0.3) is 0 Å². The van der Waals surface area contributed by atoms with Crippen LogP contribution in [-0.4, -0.2) is 30.7 Å². The number of aryl methyl sites for hydroxylation is 1. The second kappa shape index (κ2) is 3.53. The molecule has 4 nitrogen and oxygen atoms in total. The van der Waals surface area contributed by atoms with E-state index in [1.807, 2.05) is 6.07 Å². The molecule has 1 aromatic rings. The zero-order valence-corrected chi connectivity index (χ0v) is 8.88. The molecular formula is C10H18N4. The number of nitrogens with one attached hydrogen (secondary N) is 1. The third-order valence-corrected chi connectivity index (χ3v) is 2.89. The third kappa shape index (κ3) is 1.46. The Morgan fingerprint density at radius 2 is 2.00 bits per heavy atom. The first-order valence-corrected chi connectivity index (χ1v) is 5.07. The summed E-state index contributed by atoms with van der Waals surface area (Å²) in [6, 6.07) is 2.04. The van der Waals surface area contributed by atoms with E-state index in [4.69, 9.17) is 5.73 Å². The van der Waals surface area contributed by atoms with Gasteiger partial charge in [-0.1, -0.05) is 0 Å². The lowest BCUT2D eigenvalue weighted by Crippen LogP contribution is -2.44. The molecule has 0 saturated carbocycles. The van der Waals surface area contributed by atoms with Gasteiger partial charge in [0.2, 0.25) is 0 Å². The molecule has 2 heterocycles. The van der Waals surface area contributed by atoms with Crippen molar-refractivity contribution in [2.75, 3.05) is 36.8 Å². The Morgan fingerprint density at radius 1 is 1.36 bits per heavy atom. The van der Waals surface area contributed by atoms with Gasteiger partial charge in [0.1, 0.15) is 5.82 Å². The van der Waals surface area contributed by atoms with E-state index in [1.165, 1.54) is 11.5 Å². The largest absolute Gasteiger partial charge is 0.396 e. The first-order valence-electron chi connectivity index (χ1n) is 5.07. The molecule has 1 aliphatic rings. The van der Waals surface area contributed by atoms with Crippen molar-refractivity contribution in [1.29, 1.82) is 0 Å². The Hall–Kier alpha value is -1.16. The van der Waals surface area contributed by atoms with Crippen molar-refractivity contribution < 1.29 is 0 Å². The number of hydrogen-bond acceptors (Lipinski definition) is 3. The van der Waals surface area contributed by atoms with Crippen LogP contribution in [0.3, 0.4) is 0 Å². The quantitative estimate of drug-likeness (QED) is 0.677. The number of nitrogens with two attached hydrogens (primary N) is 1. The van der Waals surface area contributed by atoms with Crippen LogP contribution in [0, 0.1) is 6.92 Å². The summed E-state index contributed by atoms with van der Waals surface area (Å²) in [6.07, 6.45) is 0. The predicted octanol–water partition coefficient (Wildman–Crippen LogP) is 0.325. The number of piperazine rings is 1. The van der Waals surface area contributed by atoms with E-state index >= 15 is 0 Å². The number of aromatic nitrogens is 1. The highest BCUT2D eigenvalue weighted by Crippen LogP contribution is 2.26. The van der Waals surface area contributed by atoms with Crippen molar-refractivity contribution in [1.82, 2.24) is 9.88 Å². The topological polar surface area (TPSA) is 46.2 Å². The number of anilines is 2. The second-order valence-electron chi connectivity index (χ2n) is 3.86. The van der Waals surface area contributed by atoms with Crippen molar-refractivity contribution in [3.05, 3.63) is 11.8 Å². The van der Waals surface area contributed by atoms with E-state index in [2.05, 4.69) is 28.8 Å². The minimum Gasteiger partial charge on any atom is -0.396 e. The molecule has 0 atom stereocenters. The average molecular weight is 194 g/mol. The summed E-state index contributed by atoms with van der Waals surface area (Å²) in [5.74, 6) is 1.17. The van der Waals surface area contributed by atoms with Gasteiger partial charge < -0.3 is 20.5 Å². The molecule has 14 heavy (non-hydrogen) atoms. The van der Waals surface area contributed by atoms with Gasteiger partial charge in [-0.05, 0) is 13.0 Å². The maximum atomic E-state index is 5.99. The molecule has 0 aromatic carbocycles. The molecule has 1 fully saturated rings. The minimum absolute atomic E-state index is 0.895. The Balaban J connectivity index is 2.29. The average Bonchev–Trinajstić information content (AvgIpc) is 2.43. The maximum Gasteiger partial charge on any atom is 0.132 e. The van der Waals surface area contributed by atoms with Gasteiger partial charge in [-0.3, -0.25) is 0 Å². The van der Waals surface area contributed by atoms with Crippen LogP contribution in [0.4, 0.5) is 11.5 Å². The minimum atomic E-state index is 0.895. The summed E-state index contributed by atoms with van der Waals surface area (Å²) in [7, 11) is 2.07. The lowest BCUT2D eigenvalue weighted by atomic mass is 10.3. The van der Waals surface area contributed by atoms with Gasteiger partial charge in [-0.15, -0.1) is 0 Å². The molecule has 0 spiro atoms. The van der Waals surface area contributed by atoms with Crippen LogP contribution in [0.25, 0.3) is 0 Å². The molecule has 2 rings (SSSR count). The van der Waals surface area contributed by atoms with Crippen molar-refractivity contribution in [3.8, 4) is 0 Å². The van der Waals surface area contributed by atoms with Gasteiger partial charge in [-0.25, -0.2) is 0 Å². The standard InChI is InChI=1S/C10H18N4/c1-8-7-9(11)10(13(8)2)14-5-3-12-4-6-14/h7,12H,3-6,11H2,1-2H3. The highest BCUT2D eigenvalue weighted by atomic mass is 15.3. The van der Waals surface area contributed by atoms with Crippen LogP contribution in [0.5, 0.6) is 0 Å². The summed E-state index contributed by atoms with van der Waals surface area (Å²) in [5, 5.41) is 3.34. The predicted molar refractivity (Wildman–Crippen MR) is 59.6 cm³/mol. The van der Waals surface area contributed by atoms with Gasteiger partial charge in [0.05, 0.1) is 5.69 Å². The fraction of sp³-hybridized carbons (Fsp3) is 0.600. The van der Waals surface area contributed by atoms with Crippen molar-refractivity contribution >= 4 is 11.5 Å². The van der Waals surface area contributed by atoms with Crippen molar-refractivity contribution in [3.63, 3.8) is 0 Å². The van der Waals surface area contributed by atoms with E-state index < -0.39 is 0 Å². The fourth-order valence-electron chi connectivity index (χ4n) is 2.02. The van der Waals surface area contributed by atoms with Gasteiger partial charge in [0, 0.05) is 38.9 Å². The highest BCUT2D eigenvalue weighted by molar-refractivity contribution is 5.66. The fourth-order valence-corrected chi connectivity index (χ4v) is 2.02. The number of nitrogens with zero attached hydrogens (tertiary/aromatic N) is 2. The Morgan fingerprint density at radius 3 is 2.50 bits per heavy atom. The highest BCUT2D eigenvalue weighted by Gasteiger charge is 2.17. The van der Waals surface area contributed by atoms with E-state index in [0.717, 1.165) is 31.9 Å². The summed E-state index contributed by atoms with van der Waals surface area (Å²) in [6.45, 7) is 6.26. The maximum absolute atomic E-state index is 5.99. The van der Waals surface area contributed by atoms with Crippen LogP contribution >= 0.6 is 0 Å². The first-order chi connectivity index (χ1) is 6.70. The molecule has 0 aliphatic carbocycles. The molecule has 1 aliphatic heterocycles. The Labute approximate surface area is 84.7 Å². The van der Waals surface area contributed by atoms with Crippen LogP contribution in [0.2, 0.25) is 0 Å². The number of hydrogen-bond donors (Lipinski definition) is 2. The van der Waals surface area contributed by atoms with E-state index in [1.54, 1.807) is 0 Å². The van der Waals surface area contributed by atoms with E-state index in [9.17, 15) is 0 Å². The summed E-state index contributed by atoms with van der Waals surface area (Å²) in [5.41, 5.74) is 8.10. The summed E-state index contributed by atoms with van der Waals surface area (Å²) < 4.78 is 2.17. The molecule has 0 unspecified atom stereocenters. The van der Waals surface area contributed by atoms with Crippen molar-refractivity contribution in [2.45, 2.75) is 6.92 Å². The van der Waals surface area contributed by atoms with Crippen LogP contribution in [-0.2, 0) is 7.05 Å². The summed E-state index contributed by atoms with van der Waals surface area (Å²) in [4.78, 5) is 2.35. The molecule has 0 bridgehead atoms. The SMILES string of the molecule is Cc1cc(N)c(N2CCNCC2)n1C. The van der Waals surface area contributed by atoms with E-state index in [-0.39, 0.29) is 0 Å². The normalized spacial score (nSPS) is 17.4. The van der Waals surface area contributed by atoms with E-state index in [0.29, 0.717) is 0 Å². The Bertz CT molecular complexity index is 323. The smallest absolute Gasteiger partial charge is 0.132 e. The number of rotatable bonds is 1. The first kappa shape index (κ1) is 9.40. The monoisotopic (exact) mass is 194 g/mol. The molecule has 3 N–H and O–H groups in total. The molecule has 0 radical (unpaired) electrons. The molecule has 0 amide bonds. The summed E-state index contributed by atoms with van der Waals surface area (Å²) >= 11 is 0. The second-order valence-corrected chi connectivity index (χ2v) is 3.86. The molecule has 1 aromatic heterocycles. The van der Waals surface area contributed by atoms with Gasteiger partial charge >= 0.3 is 0 Å². The zero-order chi connectivity index (χ0) is 10.1. The van der Waals surface area contributed by atoms with Crippen LogP contribution in [0.1, 0.15) is 5.69 Å². The zero-order valence-electron chi connectivity index (χ0n) is 8.88. The third-order valence-electron chi connectivity index (χ3n) is 2.89. The van der Waals surface area contributed by atoms with Crippen LogP contribution in [0.15, 0.2) is 6.07 Å². The van der Waals surface area contributed by atoms with Gasteiger partial charge in [-0.2, -0.15) is 0 Å². The van der Waals surface area contributed by atoms with Crippen molar-refractivity contribution in [2.24, 2.45) is 7.05 Å². The Kier molecular flexibility index (Phi) is 2.37. The molecule has 4 heteroatoms. The lowest BCUT2D eigenvalue weighted by molar-refractivity contribution is 0.578. The number of nitrogen functional groups attached to an aromatic ring is 1. The van der Waals surface area contributed by atoms with Crippen LogP contribution < -0.4 is 16.0 Å². The molecule has 78 valence electrons. The molecular weight excluding hydrogens is 176 g/mol.